The summed E-state index contributed by atoms with van der Waals surface area (Å²) in [4.78, 5) is 16.8. The molecule has 1 fully saturated rings. The molecule has 6 nitrogen and oxygen atoms in total. The van der Waals surface area contributed by atoms with E-state index >= 15 is 0 Å². The molecule has 0 radical (unpaired) electrons. The third-order valence-corrected chi connectivity index (χ3v) is 5.49. The summed E-state index contributed by atoms with van der Waals surface area (Å²) in [6.45, 7) is 6.66. The first-order valence-electron chi connectivity index (χ1n) is 8.59. The van der Waals surface area contributed by atoms with Crippen LogP contribution in [0.25, 0.3) is 0 Å². The van der Waals surface area contributed by atoms with Gasteiger partial charge in [0.2, 0.25) is 0 Å². The van der Waals surface area contributed by atoms with Crippen molar-refractivity contribution in [3.8, 4) is 0 Å². The lowest BCUT2D eigenvalue weighted by Crippen LogP contribution is -2.36. The van der Waals surface area contributed by atoms with Crippen LogP contribution in [0.1, 0.15) is 41.8 Å². The molecule has 0 atom stereocenters. The number of anilines is 2. The van der Waals surface area contributed by atoms with Crippen molar-refractivity contribution in [2.24, 2.45) is 0 Å². The maximum absolute atomic E-state index is 9.63. The Morgan fingerprint density at radius 3 is 2.88 bits per heavy atom. The molecule has 2 aromatic heterocycles. The number of aliphatic hydroxyl groups is 1. The van der Waals surface area contributed by atoms with Crippen molar-refractivity contribution in [2.45, 2.75) is 52.2 Å². The van der Waals surface area contributed by atoms with Crippen molar-refractivity contribution < 1.29 is 5.11 Å². The highest BCUT2D eigenvalue weighted by Crippen LogP contribution is 2.22. The molecular formula is C17H25N5OS. The molecule has 7 heteroatoms. The minimum Gasteiger partial charge on any atom is -0.393 e. The summed E-state index contributed by atoms with van der Waals surface area (Å²) in [6.07, 6.45) is 5.20. The maximum Gasteiger partial charge on any atom is 0.134 e. The third kappa shape index (κ3) is 4.21. The summed E-state index contributed by atoms with van der Waals surface area (Å²) in [7, 11) is 0. The number of aliphatic hydroxyl groups excluding tert-OH is 1. The zero-order valence-electron chi connectivity index (χ0n) is 14.3. The minimum absolute atomic E-state index is 0.174. The molecule has 130 valence electrons. The molecule has 2 aromatic rings. The lowest BCUT2D eigenvalue weighted by Gasteiger charge is -2.30. The molecule has 3 rings (SSSR count). The first kappa shape index (κ1) is 17.1. The highest BCUT2D eigenvalue weighted by molar-refractivity contribution is 7.11. The van der Waals surface area contributed by atoms with Gasteiger partial charge in [0, 0.05) is 24.0 Å². The molecule has 0 aliphatic carbocycles. The van der Waals surface area contributed by atoms with Gasteiger partial charge in [-0.1, -0.05) is 6.92 Å². The van der Waals surface area contributed by atoms with E-state index in [4.69, 9.17) is 0 Å². The van der Waals surface area contributed by atoms with E-state index in [1.807, 2.05) is 6.07 Å². The molecule has 0 bridgehead atoms. The Kier molecular flexibility index (Phi) is 5.63. The van der Waals surface area contributed by atoms with Crippen molar-refractivity contribution in [3.63, 3.8) is 0 Å². The van der Waals surface area contributed by atoms with Gasteiger partial charge in [0.25, 0.3) is 0 Å². The smallest absolute Gasteiger partial charge is 0.134 e. The van der Waals surface area contributed by atoms with E-state index in [1.54, 1.807) is 17.7 Å². The van der Waals surface area contributed by atoms with E-state index < -0.39 is 0 Å². The second-order valence-electron chi connectivity index (χ2n) is 6.20. The standard InChI is InChI=1S/C17H25N5OS/c1-3-4-17-21-12(2)14(24-17)10-18-15-9-16(20-11-19-15)22-7-5-13(23)6-8-22/h9,11,13,23H,3-8,10H2,1-2H3,(H,18,19,20). The van der Waals surface area contributed by atoms with Crippen LogP contribution in [0.2, 0.25) is 0 Å². The average molecular weight is 347 g/mol. The summed E-state index contributed by atoms with van der Waals surface area (Å²) in [5, 5.41) is 14.2. The quantitative estimate of drug-likeness (QED) is 0.837. The predicted molar refractivity (Wildman–Crippen MR) is 97.7 cm³/mol. The Bertz CT molecular complexity index is 667. The van der Waals surface area contributed by atoms with Gasteiger partial charge < -0.3 is 15.3 Å². The average Bonchev–Trinajstić information content (AvgIpc) is 2.94. The zero-order valence-corrected chi connectivity index (χ0v) is 15.1. The first-order chi connectivity index (χ1) is 11.7. The number of rotatable bonds is 6. The van der Waals surface area contributed by atoms with Gasteiger partial charge in [0.05, 0.1) is 23.4 Å². The Labute approximate surface area is 147 Å². The van der Waals surface area contributed by atoms with Gasteiger partial charge in [-0.3, -0.25) is 0 Å². The molecule has 0 unspecified atom stereocenters. The van der Waals surface area contributed by atoms with Crippen molar-refractivity contribution in [1.29, 1.82) is 0 Å². The van der Waals surface area contributed by atoms with Crippen molar-refractivity contribution >= 4 is 23.0 Å². The van der Waals surface area contributed by atoms with E-state index in [2.05, 4.69) is 39.0 Å². The van der Waals surface area contributed by atoms with Crippen LogP contribution in [0.3, 0.4) is 0 Å². The highest BCUT2D eigenvalue weighted by Gasteiger charge is 2.18. The first-order valence-corrected chi connectivity index (χ1v) is 9.41. The fourth-order valence-corrected chi connectivity index (χ4v) is 3.97. The Morgan fingerprint density at radius 1 is 1.33 bits per heavy atom. The van der Waals surface area contributed by atoms with Crippen molar-refractivity contribution in [3.05, 3.63) is 28.0 Å². The number of thiazole rings is 1. The summed E-state index contributed by atoms with van der Waals surface area (Å²) in [5.41, 5.74) is 1.11. The fraction of sp³-hybridized carbons (Fsp3) is 0.588. The lowest BCUT2D eigenvalue weighted by atomic mass is 10.1. The van der Waals surface area contributed by atoms with Gasteiger partial charge in [-0.15, -0.1) is 11.3 Å². The minimum atomic E-state index is -0.174. The van der Waals surface area contributed by atoms with Crippen LogP contribution in [0.15, 0.2) is 12.4 Å². The number of nitrogens with zero attached hydrogens (tertiary/aromatic N) is 4. The topological polar surface area (TPSA) is 74.2 Å². The van der Waals surface area contributed by atoms with Crippen LogP contribution < -0.4 is 10.2 Å². The van der Waals surface area contributed by atoms with Gasteiger partial charge in [-0.25, -0.2) is 15.0 Å². The maximum atomic E-state index is 9.63. The number of aryl methyl sites for hydroxylation is 2. The van der Waals surface area contributed by atoms with E-state index in [9.17, 15) is 5.11 Å². The van der Waals surface area contributed by atoms with Crippen LogP contribution in [-0.2, 0) is 13.0 Å². The number of hydrogen-bond donors (Lipinski definition) is 2. The van der Waals surface area contributed by atoms with Crippen molar-refractivity contribution in [2.75, 3.05) is 23.3 Å². The van der Waals surface area contributed by atoms with Gasteiger partial charge >= 0.3 is 0 Å². The second-order valence-corrected chi connectivity index (χ2v) is 7.37. The van der Waals surface area contributed by atoms with Gasteiger partial charge in [-0.05, 0) is 32.6 Å². The third-order valence-electron chi connectivity index (χ3n) is 4.27. The lowest BCUT2D eigenvalue weighted by molar-refractivity contribution is 0.145. The van der Waals surface area contributed by atoms with E-state index in [-0.39, 0.29) is 6.10 Å². The van der Waals surface area contributed by atoms with Gasteiger partial charge in [-0.2, -0.15) is 0 Å². The fourth-order valence-electron chi connectivity index (χ4n) is 2.86. The summed E-state index contributed by atoms with van der Waals surface area (Å²) in [6, 6.07) is 1.99. The van der Waals surface area contributed by atoms with E-state index in [0.717, 1.165) is 62.6 Å². The molecule has 1 saturated heterocycles. The van der Waals surface area contributed by atoms with Crippen LogP contribution in [-0.4, -0.2) is 39.3 Å². The van der Waals surface area contributed by atoms with Crippen LogP contribution in [0, 0.1) is 6.92 Å². The molecule has 1 aliphatic rings. The Hall–Kier alpha value is -1.73. The largest absolute Gasteiger partial charge is 0.393 e. The van der Waals surface area contributed by atoms with Crippen LogP contribution in [0.4, 0.5) is 11.6 Å². The predicted octanol–water partition coefficient (Wildman–Crippen LogP) is 2.77. The van der Waals surface area contributed by atoms with E-state index in [0.29, 0.717) is 0 Å². The highest BCUT2D eigenvalue weighted by atomic mass is 32.1. The molecule has 0 amide bonds. The molecule has 0 spiro atoms. The van der Waals surface area contributed by atoms with E-state index in [1.165, 1.54) is 9.88 Å². The van der Waals surface area contributed by atoms with Crippen molar-refractivity contribution in [1.82, 2.24) is 15.0 Å². The molecular weight excluding hydrogens is 322 g/mol. The normalized spacial score (nSPS) is 15.7. The summed E-state index contributed by atoms with van der Waals surface area (Å²) >= 11 is 1.78. The molecule has 0 saturated carbocycles. The molecule has 0 aromatic carbocycles. The Morgan fingerprint density at radius 2 is 2.12 bits per heavy atom. The number of piperidine rings is 1. The van der Waals surface area contributed by atoms with Gasteiger partial charge in [0.15, 0.2) is 0 Å². The molecule has 24 heavy (non-hydrogen) atoms. The SMILES string of the molecule is CCCc1nc(C)c(CNc2cc(N3CCC(O)CC3)ncn2)s1. The number of nitrogens with one attached hydrogen (secondary N) is 1. The number of hydrogen-bond acceptors (Lipinski definition) is 7. The summed E-state index contributed by atoms with van der Waals surface area (Å²) in [5.74, 6) is 1.75. The zero-order chi connectivity index (χ0) is 16.9. The molecule has 1 aliphatic heterocycles. The number of aromatic nitrogens is 3. The molecule has 2 N–H and O–H groups in total. The second kappa shape index (κ2) is 7.90. The monoisotopic (exact) mass is 347 g/mol. The molecule has 3 heterocycles. The van der Waals surface area contributed by atoms with Crippen LogP contribution >= 0.6 is 11.3 Å². The summed E-state index contributed by atoms with van der Waals surface area (Å²) < 4.78 is 0. The van der Waals surface area contributed by atoms with Crippen LogP contribution in [0.5, 0.6) is 0 Å². The van der Waals surface area contributed by atoms with Gasteiger partial charge in [0.1, 0.15) is 18.0 Å². The Balaban J connectivity index is 1.62.